The van der Waals surface area contributed by atoms with Crippen LogP contribution in [0.25, 0.3) is 0 Å². The van der Waals surface area contributed by atoms with Gasteiger partial charge in [0.15, 0.2) is 12.4 Å². The number of hydrogen-bond acceptors (Lipinski definition) is 11. The van der Waals surface area contributed by atoms with Gasteiger partial charge in [0.2, 0.25) is 0 Å². The molecule has 0 aromatic rings. The van der Waals surface area contributed by atoms with Crippen LogP contribution in [0.5, 0.6) is 0 Å². The van der Waals surface area contributed by atoms with E-state index in [1.54, 1.807) is 0 Å². The van der Waals surface area contributed by atoms with Crippen LogP contribution >= 0.6 is 0 Å². The van der Waals surface area contributed by atoms with Crippen molar-refractivity contribution in [3.05, 3.63) is 48.6 Å². The molecule has 64 heavy (non-hydrogen) atoms. The van der Waals surface area contributed by atoms with Crippen LogP contribution in [0.1, 0.15) is 206 Å². The molecule has 0 aliphatic carbocycles. The fourth-order valence-electron chi connectivity index (χ4n) is 7.44. The largest absolute Gasteiger partial charge is 0.462 e. The third kappa shape index (κ3) is 34.9. The van der Waals surface area contributed by atoms with Crippen molar-refractivity contribution < 1.29 is 56.8 Å². The molecule has 1 heterocycles. The molecule has 1 fully saturated rings. The van der Waals surface area contributed by atoms with E-state index in [0.29, 0.717) is 12.8 Å². The van der Waals surface area contributed by atoms with Crippen LogP contribution in [-0.4, -0.2) is 96.0 Å². The molecule has 2 unspecified atom stereocenters. The SMILES string of the molecule is CCCCC/C=C/C/C=C/C/C=C/CCCCC(=O)OC[C@H](CO[C@H]1O[C@H](CS(=O)(=O)O)[C@@H](O)C(O)C1O)OC(=O)CCCCCCCCCCCCC/C=C/CCCCCCCC. The lowest BCUT2D eigenvalue weighted by Crippen LogP contribution is -2.60. The van der Waals surface area contributed by atoms with Crippen molar-refractivity contribution >= 4 is 22.1 Å². The van der Waals surface area contributed by atoms with Crippen LogP contribution < -0.4 is 0 Å². The smallest absolute Gasteiger partial charge is 0.306 e. The van der Waals surface area contributed by atoms with E-state index in [1.807, 2.05) is 0 Å². The van der Waals surface area contributed by atoms with E-state index in [9.17, 15) is 37.9 Å². The molecule has 12 nitrogen and oxygen atoms in total. The second kappa shape index (κ2) is 40.8. The Morgan fingerprint density at radius 3 is 1.47 bits per heavy atom. The highest BCUT2D eigenvalue weighted by atomic mass is 32.2. The first-order chi connectivity index (χ1) is 31.0. The second-order valence-corrected chi connectivity index (χ2v) is 19.0. The van der Waals surface area contributed by atoms with E-state index in [0.717, 1.165) is 51.4 Å². The zero-order valence-corrected chi connectivity index (χ0v) is 40.7. The second-order valence-electron chi connectivity index (χ2n) is 17.5. The van der Waals surface area contributed by atoms with E-state index in [4.69, 9.17) is 18.9 Å². The molecule has 0 aromatic heterocycles. The Kier molecular flexibility index (Phi) is 38.1. The molecular formula is C51H90O12S. The van der Waals surface area contributed by atoms with Crippen molar-refractivity contribution in [1.29, 1.82) is 0 Å². The number of ether oxygens (including phenoxy) is 4. The molecule has 0 amide bonds. The zero-order valence-electron chi connectivity index (χ0n) is 39.9. The molecule has 0 aromatic carbocycles. The number of aliphatic hydroxyl groups is 3. The average Bonchev–Trinajstić information content (AvgIpc) is 3.26. The Bertz CT molecular complexity index is 1360. The molecule has 0 bridgehead atoms. The van der Waals surface area contributed by atoms with E-state index < -0.39 is 71.2 Å². The Labute approximate surface area is 388 Å². The minimum atomic E-state index is -4.61. The summed E-state index contributed by atoms with van der Waals surface area (Å²) in [6, 6.07) is 0. The van der Waals surface area contributed by atoms with E-state index in [-0.39, 0.29) is 19.4 Å². The minimum absolute atomic E-state index is 0.155. The first-order valence-corrected chi connectivity index (χ1v) is 26.8. The summed E-state index contributed by atoms with van der Waals surface area (Å²) in [6.07, 6.45) is 40.1. The van der Waals surface area contributed by atoms with Crippen LogP contribution in [-0.2, 0) is 38.7 Å². The van der Waals surface area contributed by atoms with Crippen molar-refractivity contribution in [2.75, 3.05) is 19.0 Å². The Morgan fingerprint density at radius 1 is 0.531 bits per heavy atom. The normalized spacial score (nSPS) is 20.0. The maximum Gasteiger partial charge on any atom is 0.306 e. The monoisotopic (exact) mass is 927 g/mol. The highest BCUT2D eigenvalue weighted by Crippen LogP contribution is 2.24. The number of allylic oxidation sites excluding steroid dienone is 8. The molecule has 372 valence electrons. The van der Waals surface area contributed by atoms with Gasteiger partial charge in [0.1, 0.15) is 36.8 Å². The Hall–Kier alpha value is -2.39. The number of carbonyl (C=O) groups excluding carboxylic acids is 2. The van der Waals surface area contributed by atoms with Crippen LogP contribution in [0.2, 0.25) is 0 Å². The van der Waals surface area contributed by atoms with Crippen LogP contribution in [0.3, 0.4) is 0 Å². The summed E-state index contributed by atoms with van der Waals surface area (Å²) < 4.78 is 54.2. The molecule has 1 aliphatic rings. The highest BCUT2D eigenvalue weighted by molar-refractivity contribution is 7.85. The van der Waals surface area contributed by atoms with Gasteiger partial charge in [0, 0.05) is 12.8 Å². The first kappa shape index (κ1) is 59.6. The molecule has 4 N–H and O–H groups in total. The lowest BCUT2D eigenvalue weighted by atomic mass is 10.00. The predicted octanol–water partition coefficient (Wildman–Crippen LogP) is 11.1. The van der Waals surface area contributed by atoms with E-state index in [2.05, 4.69) is 62.5 Å². The fourth-order valence-corrected chi connectivity index (χ4v) is 8.13. The summed E-state index contributed by atoms with van der Waals surface area (Å²) in [5.74, 6) is -2.03. The van der Waals surface area contributed by atoms with Gasteiger partial charge in [-0.05, 0) is 77.0 Å². The van der Waals surface area contributed by atoms with Gasteiger partial charge < -0.3 is 34.3 Å². The number of aliphatic hydroxyl groups excluding tert-OH is 3. The third-order valence-electron chi connectivity index (χ3n) is 11.4. The first-order valence-electron chi connectivity index (χ1n) is 25.2. The van der Waals surface area contributed by atoms with Gasteiger partial charge in [-0.2, -0.15) is 8.42 Å². The molecular weight excluding hydrogens is 837 g/mol. The molecule has 6 atom stereocenters. The Balaban J connectivity index is 2.40. The number of unbranched alkanes of at least 4 members (excludes halogenated alkanes) is 22. The summed E-state index contributed by atoms with van der Waals surface area (Å²) in [7, 11) is -4.61. The summed E-state index contributed by atoms with van der Waals surface area (Å²) in [6.45, 7) is 3.71. The lowest BCUT2D eigenvalue weighted by molar-refractivity contribution is -0.297. The fraction of sp³-hybridized carbons (Fsp3) is 0.804. The number of rotatable bonds is 42. The minimum Gasteiger partial charge on any atom is -0.462 e. The van der Waals surface area contributed by atoms with Crippen molar-refractivity contribution in [2.45, 2.75) is 243 Å². The van der Waals surface area contributed by atoms with Gasteiger partial charge in [-0.1, -0.05) is 165 Å². The number of hydrogen-bond donors (Lipinski definition) is 4. The van der Waals surface area contributed by atoms with E-state index >= 15 is 0 Å². The van der Waals surface area contributed by atoms with Crippen molar-refractivity contribution in [2.24, 2.45) is 0 Å². The van der Waals surface area contributed by atoms with Crippen molar-refractivity contribution in [1.82, 2.24) is 0 Å². The summed E-state index contributed by atoms with van der Waals surface area (Å²) in [4.78, 5) is 25.5. The maximum absolute atomic E-state index is 12.9. The van der Waals surface area contributed by atoms with Gasteiger partial charge >= 0.3 is 11.9 Å². The lowest BCUT2D eigenvalue weighted by Gasteiger charge is -2.40. The van der Waals surface area contributed by atoms with Gasteiger partial charge in [-0.15, -0.1) is 0 Å². The van der Waals surface area contributed by atoms with Gasteiger partial charge in [0.25, 0.3) is 10.1 Å². The van der Waals surface area contributed by atoms with Crippen LogP contribution in [0, 0.1) is 0 Å². The Morgan fingerprint density at radius 2 is 0.938 bits per heavy atom. The average molecular weight is 927 g/mol. The summed E-state index contributed by atoms with van der Waals surface area (Å²) in [5.41, 5.74) is 0. The van der Waals surface area contributed by atoms with Crippen LogP contribution in [0.4, 0.5) is 0 Å². The van der Waals surface area contributed by atoms with Gasteiger partial charge in [-0.3, -0.25) is 14.1 Å². The molecule has 1 rings (SSSR count). The predicted molar refractivity (Wildman–Crippen MR) is 256 cm³/mol. The topological polar surface area (TPSA) is 186 Å². The molecule has 0 spiro atoms. The maximum atomic E-state index is 12.9. The molecule has 1 saturated heterocycles. The highest BCUT2D eigenvalue weighted by Gasteiger charge is 2.46. The molecule has 1 aliphatic heterocycles. The molecule has 0 radical (unpaired) electrons. The molecule has 0 saturated carbocycles. The van der Waals surface area contributed by atoms with E-state index in [1.165, 1.54) is 116 Å². The number of esters is 2. The molecule has 13 heteroatoms. The third-order valence-corrected chi connectivity index (χ3v) is 12.1. The van der Waals surface area contributed by atoms with Gasteiger partial charge in [0.05, 0.1) is 6.61 Å². The number of carbonyl (C=O) groups is 2. The van der Waals surface area contributed by atoms with Crippen molar-refractivity contribution in [3.8, 4) is 0 Å². The standard InChI is InChI=1S/C51H90O12S/c1-3-5-7-9-11-13-15-17-19-20-21-22-23-24-26-28-30-32-34-36-38-40-47(53)62-44(42-61-51-50(56)49(55)48(54)45(63-51)43-64(57,58)59)41-60-46(52)39-37-35-33-31-29-27-25-18-16-14-12-10-8-6-4-2/h12,14,17-19,25,29,31,44-45,48-51,54-56H,3-11,13,15-16,20-24,26-28,30,32-43H2,1-2H3,(H,57,58,59)/b14-12+,19-17+,25-18+,31-29+/t44-,45-,48-,49?,50?,51+/m1/s1. The van der Waals surface area contributed by atoms with Crippen LogP contribution in [0.15, 0.2) is 48.6 Å². The summed E-state index contributed by atoms with van der Waals surface area (Å²) in [5, 5.41) is 30.9. The van der Waals surface area contributed by atoms with Crippen molar-refractivity contribution in [3.63, 3.8) is 0 Å². The summed E-state index contributed by atoms with van der Waals surface area (Å²) >= 11 is 0. The zero-order chi connectivity index (χ0) is 46.9. The van der Waals surface area contributed by atoms with Gasteiger partial charge in [-0.25, -0.2) is 0 Å². The quantitative estimate of drug-likeness (QED) is 0.0197.